The Labute approximate surface area is 101 Å². The number of hydrogen-bond acceptors (Lipinski definition) is 3. The van der Waals surface area contributed by atoms with Gasteiger partial charge in [0.1, 0.15) is 6.04 Å². The molecule has 0 bridgehead atoms. The quantitative estimate of drug-likeness (QED) is 0.720. The van der Waals surface area contributed by atoms with Crippen molar-refractivity contribution < 1.29 is 14.7 Å². The monoisotopic (exact) mass is 240 g/mol. The summed E-state index contributed by atoms with van der Waals surface area (Å²) in [6, 6.07) is -0.318. The minimum absolute atomic E-state index is 0.127. The summed E-state index contributed by atoms with van der Waals surface area (Å²) in [5, 5.41) is 11.8. The first-order chi connectivity index (χ1) is 8.09. The van der Waals surface area contributed by atoms with Crippen molar-refractivity contribution in [3.8, 4) is 0 Å². The van der Waals surface area contributed by atoms with Crippen LogP contribution in [0.3, 0.4) is 0 Å². The van der Waals surface area contributed by atoms with Crippen molar-refractivity contribution in [3.63, 3.8) is 0 Å². The minimum atomic E-state index is -0.548. The first-order valence-corrected chi connectivity index (χ1v) is 6.36. The summed E-state index contributed by atoms with van der Waals surface area (Å²) >= 11 is 0. The normalized spacial score (nSPS) is 25.8. The van der Waals surface area contributed by atoms with Gasteiger partial charge in [0.15, 0.2) is 0 Å². The molecule has 2 atom stereocenters. The number of nitrogens with one attached hydrogen (secondary N) is 1. The second kappa shape index (κ2) is 5.04. The van der Waals surface area contributed by atoms with Crippen LogP contribution in [0.4, 0.5) is 0 Å². The average molecular weight is 240 g/mol. The number of aliphatic hydroxyl groups excluding tert-OH is 1. The highest BCUT2D eigenvalue weighted by atomic mass is 16.3. The highest BCUT2D eigenvalue weighted by Crippen LogP contribution is 2.33. The fraction of sp³-hybridized carbons (Fsp3) is 0.833. The van der Waals surface area contributed by atoms with Crippen LogP contribution in [0.25, 0.3) is 0 Å². The van der Waals surface area contributed by atoms with Crippen LogP contribution in [0.2, 0.25) is 0 Å². The highest BCUT2D eigenvalue weighted by molar-refractivity contribution is 5.89. The van der Waals surface area contributed by atoms with Gasteiger partial charge in [-0.1, -0.05) is 0 Å². The van der Waals surface area contributed by atoms with Gasteiger partial charge in [0.05, 0.1) is 6.10 Å². The summed E-state index contributed by atoms with van der Waals surface area (Å²) in [5.74, 6) is 0.178. The fourth-order valence-electron chi connectivity index (χ4n) is 2.23. The van der Waals surface area contributed by atoms with Gasteiger partial charge in [0.25, 0.3) is 0 Å². The van der Waals surface area contributed by atoms with E-state index in [0.29, 0.717) is 6.54 Å². The van der Waals surface area contributed by atoms with E-state index in [4.69, 9.17) is 5.11 Å². The molecule has 1 aliphatic heterocycles. The predicted molar refractivity (Wildman–Crippen MR) is 62.1 cm³/mol. The molecule has 1 heterocycles. The Hall–Kier alpha value is -1.10. The molecular formula is C12H20N2O3. The molecule has 0 radical (unpaired) electrons. The maximum absolute atomic E-state index is 12.0. The third kappa shape index (κ3) is 2.97. The molecule has 5 nitrogen and oxygen atoms in total. The van der Waals surface area contributed by atoms with Crippen LogP contribution < -0.4 is 5.32 Å². The number of amides is 2. The molecule has 2 unspecified atom stereocenters. The Bertz CT molecular complexity index is 313. The molecular weight excluding hydrogens is 220 g/mol. The largest absolute Gasteiger partial charge is 0.392 e. The highest BCUT2D eigenvalue weighted by Gasteiger charge is 2.40. The van der Waals surface area contributed by atoms with Crippen molar-refractivity contribution >= 4 is 11.8 Å². The Morgan fingerprint density at radius 3 is 2.71 bits per heavy atom. The van der Waals surface area contributed by atoms with Gasteiger partial charge in [-0.25, -0.2) is 0 Å². The van der Waals surface area contributed by atoms with Gasteiger partial charge in [0.2, 0.25) is 11.8 Å². The summed E-state index contributed by atoms with van der Waals surface area (Å²) in [5.41, 5.74) is 0. The third-order valence-electron chi connectivity index (χ3n) is 3.34. The lowest BCUT2D eigenvalue weighted by Gasteiger charge is -2.24. The molecule has 17 heavy (non-hydrogen) atoms. The van der Waals surface area contributed by atoms with Gasteiger partial charge >= 0.3 is 0 Å². The maximum atomic E-state index is 12.0. The standard InChI is InChI=1S/C12H20N2O3/c1-8(15)7-13-11(16)10-3-2-6-14(10)12(17)9-4-5-9/h8-10,15H,2-7H2,1H3,(H,13,16). The first-order valence-electron chi connectivity index (χ1n) is 6.36. The van der Waals surface area contributed by atoms with Crippen LogP contribution in [0.15, 0.2) is 0 Å². The van der Waals surface area contributed by atoms with Crippen LogP contribution in [-0.4, -0.2) is 47.1 Å². The van der Waals surface area contributed by atoms with E-state index in [1.165, 1.54) is 0 Å². The molecule has 2 rings (SSSR count). The van der Waals surface area contributed by atoms with Crippen LogP contribution in [0, 0.1) is 5.92 Å². The van der Waals surface area contributed by atoms with Gasteiger partial charge < -0.3 is 15.3 Å². The van der Waals surface area contributed by atoms with E-state index in [-0.39, 0.29) is 30.3 Å². The fourth-order valence-corrected chi connectivity index (χ4v) is 2.23. The van der Waals surface area contributed by atoms with Crippen molar-refractivity contribution in [2.75, 3.05) is 13.1 Å². The van der Waals surface area contributed by atoms with E-state index >= 15 is 0 Å². The Morgan fingerprint density at radius 2 is 2.12 bits per heavy atom. The van der Waals surface area contributed by atoms with Gasteiger partial charge in [-0.3, -0.25) is 9.59 Å². The van der Waals surface area contributed by atoms with Crippen molar-refractivity contribution in [3.05, 3.63) is 0 Å². The summed E-state index contributed by atoms with van der Waals surface area (Å²) in [4.78, 5) is 25.6. The second-order valence-corrected chi connectivity index (χ2v) is 5.06. The number of hydrogen-bond donors (Lipinski definition) is 2. The van der Waals surface area contributed by atoms with Crippen LogP contribution in [0.1, 0.15) is 32.6 Å². The summed E-state index contributed by atoms with van der Waals surface area (Å²) in [7, 11) is 0. The Kier molecular flexibility index (Phi) is 3.66. The molecule has 0 aromatic rings. The lowest BCUT2D eigenvalue weighted by Crippen LogP contribution is -2.47. The molecule has 96 valence electrons. The van der Waals surface area contributed by atoms with E-state index in [1.807, 2.05) is 0 Å². The van der Waals surface area contributed by atoms with Crippen molar-refractivity contribution in [1.29, 1.82) is 0 Å². The van der Waals surface area contributed by atoms with Gasteiger partial charge in [-0.15, -0.1) is 0 Å². The molecule has 0 aromatic heterocycles. The van der Waals surface area contributed by atoms with E-state index < -0.39 is 6.10 Å². The number of carbonyl (C=O) groups is 2. The topological polar surface area (TPSA) is 69.6 Å². The summed E-state index contributed by atoms with van der Waals surface area (Å²) < 4.78 is 0. The number of likely N-dealkylation sites (tertiary alicyclic amines) is 1. The molecule has 1 saturated carbocycles. The molecule has 2 amide bonds. The minimum Gasteiger partial charge on any atom is -0.392 e. The average Bonchev–Trinajstić information content (AvgIpc) is 3.02. The van der Waals surface area contributed by atoms with Gasteiger partial charge in [0, 0.05) is 19.0 Å². The number of aliphatic hydroxyl groups is 1. The number of nitrogens with zero attached hydrogens (tertiary/aromatic N) is 1. The zero-order valence-electron chi connectivity index (χ0n) is 10.2. The maximum Gasteiger partial charge on any atom is 0.242 e. The van der Waals surface area contributed by atoms with E-state index in [0.717, 1.165) is 25.7 Å². The molecule has 1 saturated heterocycles. The zero-order chi connectivity index (χ0) is 12.4. The lowest BCUT2D eigenvalue weighted by molar-refractivity contribution is -0.139. The van der Waals surface area contributed by atoms with Gasteiger partial charge in [-0.2, -0.15) is 0 Å². The van der Waals surface area contributed by atoms with Gasteiger partial charge in [-0.05, 0) is 32.6 Å². The SMILES string of the molecule is CC(O)CNC(=O)C1CCCN1C(=O)C1CC1. The molecule has 2 N–H and O–H groups in total. The molecule has 1 aliphatic carbocycles. The second-order valence-electron chi connectivity index (χ2n) is 5.06. The van der Waals surface area contributed by atoms with Crippen molar-refractivity contribution in [2.45, 2.75) is 44.8 Å². The molecule has 0 aromatic carbocycles. The molecule has 0 spiro atoms. The first kappa shape index (κ1) is 12.4. The number of rotatable bonds is 4. The smallest absolute Gasteiger partial charge is 0.242 e. The Balaban J connectivity index is 1.89. The molecule has 2 aliphatic rings. The van der Waals surface area contributed by atoms with Crippen molar-refractivity contribution in [1.82, 2.24) is 10.2 Å². The summed E-state index contributed by atoms with van der Waals surface area (Å²) in [6.07, 6.45) is 3.03. The summed E-state index contributed by atoms with van der Waals surface area (Å²) in [6.45, 7) is 2.57. The van der Waals surface area contributed by atoms with Crippen LogP contribution >= 0.6 is 0 Å². The van der Waals surface area contributed by atoms with Crippen LogP contribution in [0.5, 0.6) is 0 Å². The molecule has 5 heteroatoms. The third-order valence-corrected chi connectivity index (χ3v) is 3.34. The van der Waals surface area contributed by atoms with Crippen molar-refractivity contribution in [2.24, 2.45) is 5.92 Å². The number of carbonyl (C=O) groups excluding carboxylic acids is 2. The predicted octanol–water partition coefficient (Wildman–Crippen LogP) is -0.116. The van der Waals surface area contributed by atoms with E-state index in [9.17, 15) is 9.59 Å². The molecule has 2 fully saturated rings. The zero-order valence-corrected chi connectivity index (χ0v) is 10.2. The van der Waals surface area contributed by atoms with Crippen LogP contribution in [-0.2, 0) is 9.59 Å². The van der Waals surface area contributed by atoms with E-state index in [1.54, 1.807) is 11.8 Å². The lowest BCUT2D eigenvalue weighted by atomic mass is 10.2. The Morgan fingerprint density at radius 1 is 1.41 bits per heavy atom. The van der Waals surface area contributed by atoms with E-state index in [2.05, 4.69) is 5.32 Å².